The quantitative estimate of drug-likeness (QED) is 0.803. The van der Waals surface area contributed by atoms with E-state index in [1.54, 1.807) is 19.9 Å². The van der Waals surface area contributed by atoms with Gasteiger partial charge in [-0.25, -0.2) is 0 Å². The molecular formula is C8H12F3N3. The lowest BCUT2D eigenvalue weighted by molar-refractivity contribution is -0.143. The fourth-order valence-corrected chi connectivity index (χ4v) is 1.23. The number of aromatic nitrogens is 2. The van der Waals surface area contributed by atoms with Gasteiger partial charge in [-0.3, -0.25) is 4.68 Å². The SMILES string of the molecule is Cc1cc([C@H](C)N)n(CC(F)(F)F)n1. The molecule has 1 aromatic rings. The Bertz CT molecular complexity index is 314. The number of hydrogen-bond acceptors (Lipinski definition) is 2. The van der Waals surface area contributed by atoms with Gasteiger partial charge in [-0.05, 0) is 19.9 Å². The molecule has 80 valence electrons. The fourth-order valence-electron chi connectivity index (χ4n) is 1.23. The monoisotopic (exact) mass is 207 g/mol. The highest BCUT2D eigenvalue weighted by Gasteiger charge is 2.30. The molecule has 0 radical (unpaired) electrons. The smallest absolute Gasteiger partial charge is 0.323 e. The van der Waals surface area contributed by atoms with Crippen LogP contribution < -0.4 is 5.73 Å². The van der Waals surface area contributed by atoms with E-state index in [9.17, 15) is 13.2 Å². The fraction of sp³-hybridized carbons (Fsp3) is 0.625. The molecule has 0 saturated heterocycles. The lowest BCUT2D eigenvalue weighted by Crippen LogP contribution is -2.22. The van der Waals surface area contributed by atoms with Crippen molar-refractivity contribution < 1.29 is 13.2 Å². The number of rotatable bonds is 2. The van der Waals surface area contributed by atoms with Gasteiger partial charge in [-0.1, -0.05) is 0 Å². The molecule has 0 unspecified atom stereocenters. The third kappa shape index (κ3) is 2.73. The molecule has 0 fully saturated rings. The van der Waals surface area contributed by atoms with Gasteiger partial charge in [-0.15, -0.1) is 0 Å². The Morgan fingerprint density at radius 2 is 2.14 bits per heavy atom. The van der Waals surface area contributed by atoms with Crippen molar-refractivity contribution in [2.75, 3.05) is 0 Å². The highest BCUT2D eigenvalue weighted by Crippen LogP contribution is 2.20. The normalized spacial score (nSPS) is 14.4. The van der Waals surface area contributed by atoms with Crippen LogP contribution in [0.5, 0.6) is 0 Å². The maximum absolute atomic E-state index is 12.1. The van der Waals surface area contributed by atoms with E-state index in [1.165, 1.54) is 0 Å². The van der Waals surface area contributed by atoms with E-state index in [1.807, 2.05) is 0 Å². The van der Waals surface area contributed by atoms with Crippen LogP contribution in [0.1, 0.15) is 24.4 Å². The topological polar surface area (TPSA) is 43.8 Å². The van der Waals surface area contributed by atoms with Gasteiger partial charge in [0.15, 0.2) is 0 Å². The molecule has 1 rings (SSSR count). The van der Waals surface area contributed by atoms with Crippen LogP contribution in [-0.2, 0) is 6.54 Å². The summed E-state index contributed by atoms with van der Waals surface area (Å²) in [6.45, 7) is 2.18. The van der Waals surface area contributed by atoms with E-state index in [2.05, 4.69) is 5.10 Å². The summed E-state index contributed by atoms with van der Waals surface area (Å²) < 4.78 is 37.2. The van der Waals surface area contributed by atoms with Crippen molar-refractivity contribution in [3.63, 3.8) is 0 Å². The van der Waals surface area contributed by atoms with Crippen molar-refractivity contribution in [2.24, 2.45) is 5.73 Å². The van der Waals surface area contributed by atoms with Crippen LogP contribution in [0.3, 0.4) is 0 Å². The molecule has 1 aromatic heterocycles. The summed E-state index contributed by atoms with van der Waals surface area (Å²) in [6, 6.07) is 1.12. The zero-order chi connectivity index (χ0) is 10.9. The zero-order valence-electron chi connectivity index (χ0n) is 7.97. The van der Waals surface area contributed by atoms with Gasteiger partial charge in [-0.2, -0.15) is 18.3 Å². The summed E-state index contributed by atoms with van der Waals surface area (Å²) in [5.74, 6) is 0. The van der Waals surface area contributed by atoms with E-state index in [4.69, 9.17) is 5.73 Å². The van der Waals surface area contributed by atoms with Crippen LogP contribution in [0, 0.1) is 6.92 Å². The third-order valence-corrected chi connectivity index (χ3v) is 1.73. The molecule has 0 aliphatic rings. The van der Waals surface area contributed by atoms with E-state index >= 15 is 0 Å². The van der Waals surface area contributed by atoms with E-state index < -0.39 is 18.8 Å². The Morgan fingerprint density at radius 1 is 1.57 bits per heavy atom. The van der Waals surface area contributed by atoms with Crippen molar-refractivity contribution in [1.29, 1.82) is 0 Å². The molecule has 3 nitrogen and oxygen atoms in total. The Kier molecular flexibility index (Phi) is 2.84. The molecule has 1 atom stereocenters. The Labute approximate surface area is 79.7 Å². The van der Waals surface area contributed by atoms with Crippen LogP contribution in [0.4, 0.5) is 13.2 Å². The van der Waals surface area contributed by atoms with Gasteiger partial charge in [0, 0.05) is 6.04 Å². The molecule has 0 bridgehead atoms. The average Bonchev–Trinajstić information content (AvgIpc) is 2.27. The lowest BCUT2D eigenvalue weighted by atomic mass is 10.2. The highest BCUT2D eigenvalue weighted by atomic mass is 19.4. The van der Waals surface area contributed by atoms with Gasteiger partial charge in [0.25, 0.3) is 0 Å². The third-order valence-electron chi connectivity index (χ3n) is 1.73. The summed E-state index contributed by atoms with van der Waals surface area (Å²) in [7, 11) is 0. The minimum Gasteiger partial charge on any atom is -0.323 e. The van der Waals surface area contributed by atoms with Gasteiger partial charge in [0.05, 0.1) is 11.4 Å². The Hall–Kier alpha value is -1.04. The molecule has 0 aliphatic carbocycles. The second-order valence-electron chi connectivity index (χ2n) is 3.27. The summed E-state index contributed by atoms with van der Waals surface area (Å²) in [5, 5.41) is 3.73. The minimum atomic E-state index is -4.26. The number of halogens is 3. The van der Waals surface area contributed by atoms with Crippen LogP contribution in [0.25, 0.3) is 0 Å². The van der Waals surface area contributed by atoms with E-state index in [0.29, 0.717) is 11.4 Å². The number of aryl methyl sites for hydroxylation is 1. The first-order chi connectivity index (χ1) is 6.29. The average molecular weight is 207 g/mol. The highest BCUT2D eigenvalue weighted by molar-refractivity contribution is 5.12. The van der Waals surface area contributed by atoms with Gasteiger partial charge < -0.3 is 5.73 Å². The van der Waals surface area contributed by atoms with Gasteiger partial charge >= 0.3 is 6.18 Å². The lowest BCUT2D eigenvalue weighted by Gasteiger charge is -2.11. The van der Waals surface area contributed by atoms with Crippen LogP contribution in [-0.4, -0.2) is 16.0 Å². The van der Waals surface area contributed by atoms with E-state index in [-0.39, 0.29) is 0 Å². The number of hydrogen-bond donors (Lipinski definition) is 1. The Balaban J connectivity index is 2.96. The maximum atomic E-state index is 12.1. The predicted molar refractivity (Wildman–Crippen MR) is 45.6 cm³/mol. The Morgan fingerprint density at radius 3 is 2.57 bits per heavy atom. The molecule has 0 aliphatic heterocycles. The maximum Gasteiger partial charge on any atom is 0.408 e. The molecule has 6 heteroatoms. The summed E-state index contributed by atoms with van der Waals surface area (Å²) in [6.07, 6.45) is -4.26. The summed E-state index contributed by atoms with van der Waals surface area (Å²) in [4.78, 5) is 0. The standard InChI is InChI=1S/C8H12F3N3/c1-5-3-7(6(2)12)14(13-5)4-8(9,10)11/h3,6H,4,12H2,1-2H3/t6-/m0/s1. The largest absolute Gasteiger partial charge is 0.408 e. The first-order valence-electron chi connectivity index (χ1n) is 4.16. The number of nitrogens with zero attached hydrogens (tertiary/aromatic N) is 2. The van der Waals surface area contributed by atoms with Crippen molar-refractivity contribution in [1.82, 2.24) is 9.78 Å². The van der Waals surface area contributed by atoms with Crippen molar-refractivity contribution in [3.05, 3.63) is 17.5 Å². The summed E-state index contributed by atoms with van der Waals surface area (Å²) in [5.41, 5.74) is 6.46. The molecule has 0 amide bonds. The first-order valence-corrected chi connectivity index (χ1v) is 4.16. The molecular weight excluding hydrogens is 195 g/mol. The van der Waals surface area contributed by atoms with E-state index in [0.717, 1.165) is 4.68 Å². The molecule has 2 N–H and O–H groups in total. The number of alkyl halides is 3. The molecule has 1 heterocycles. The van der Waals surface area contributed by atoms with Crippen LogP contribution >= 0.6 is 0 Å². The van der Waals surface area contributed by atoms with Crippen LogP contribution in [0.15, 0.2) is 6.07 Å². The minimum absolute atomic E-state index is 0.403. The molecule has 14 heavy (non-hydrogen) atoms. The molecule has 0 spiro atoms. The zero-order valence-corrected chi connectivity index (χ0v) is 7.97. The van der Waals surface area contributed by atoms with Crippen molar-refractivity contribution in [2.45, 2.75) is 32.6 Å². The van der Waals surface area contributed by atoms with Gasteiger partial charge in [0.2, 0.25) is 0 Å². The summed E-state index contributed by atoms with van der Waals surface area (Å²) >= 11 is 0. The van der Waals surface area contributed by atoms with Crippen LogP contribution in [0.2, 0.25) is 0 Å². The predicted octanol–water partition coefficient (Wildman–Crippen LogP) is 1.77. The van der Waals surface area contributed by atoms with Gasteiger partial charge in [0.1, 0.15) is 6.54 Å². The second-order valence-corrected chi connectivity index (χ2v) is 3.27. The first kappa shape index (κ1) is 11.0. The second kappa shape index (κ2) is 3.61. The number of nitrogens with two attached hydrogens (primary N) is 1. The van der Waals surface area contributed by atoms with Crippen molar-refractivity contribution in [3.8, 4) is 0 Å². The molecule has 0 aromatic carbocycles. The van der Waals surface area contributed by atoms with Crippen molar-refractivity contribution >= 4 is 0 Å². The molecule has 0 saturated carbocycles.